The van der Waals surface area contributed by atoms with E-state index in [-0.39, 0.29) is 0 Å². The summed E-state index contributed by atoms with van der Waals surface area (Å²) in [7, 11) is 0. The Morgan fingerprint density at radius 1 is 0.517 bits per heavy atom. The maximum atomic E-state index is 5.05. The Morgan fingerprint density at radius 2 is 1.07 bits per heavy atom. The molecule has 0 aliphatic heterocycles. The Hall–Kier alpha value is -3.91. The summed E-state index contributed by atoms with van der Waals surface area (Å²) in [6.07, 6.45) is 0. The predicted molar refractivity (Wildman–Crippen MR) is 122 cm³/mol. The molecule has 2 nitrogen and oxygen atoms in total. The van der Waals surface area contributed by atoms with E-state index >= 15 is 0 Å². The van der Waals surface area contributed by atoms with Crippen molar-refractivity contribution in [3.8, 4) is 0 Å². The average molecular weight is 372 g/mol. The van der Waals surface area contributed by atoms with Gasteiger partial charge >= 0.3 is 0 Å². The van der Waals surface area contributed by atoms with E-state index in [1.807, 2.05) is 54.6 Å². The zero-order chi connectivity index (χ0) is 19.5. The first kappa shape index (κ1) is 17.2. The van der Waals surface area contributed by atoms with E-state index in [1.54, 1.807) is 0 Å². The van der Waals surface area contributed by atoms with E-state index in [1.165, 1.54) is 16.7 Å². The molecule has 4 aromatic carbocycles. The van der Waals surface area contributed by atoms with Gasteiger partial charge in [0.05, 0.1) is 17.1 Å². The van der Waals surface area contributed by atoms with Crippen LogP contribution in [0.5, 0.6) is 0 Å². The molecular weight excluding hydrogens is 352 g/mol. The number of fused-ring (bicyclic) bond motifs is 1. The summed E-state index contributed by atoms with van der Waals surface area (Å²) in [5.74, 6) is 0. The van der Waals surface area contributed by atoms with Crippen LogP contribution in [0.2, 0.25) is 0 Å². The van der Waals surface area contributed by atoms with Crippen molar-refractivity contribution in [2.24, 2.45) is 4.99 Å². The van der Waals surface area contributed by atoms with E-state index in [2.05, 4.69) is 66.0 Å². The van der Waals surface area contributed by atoms with Gasteiger partial charge in [0.1, 0.15) is 0 Å². The molecule has 0 aromatic heterocycles. The van der Waals surface area contributed by atoms with Crippen molar-refractivity contribution in [1.82, 2.24) is 0 Å². The van der Waals surface area contributed by atoms with E-state index < -0.39 is 0 Å². The number of nitrogens with one attached hydrogen (secondary N) is 1. The number of nitrogens with zero attached hydrogens (tertiary/aromatic N) is 1. The maximum absolute atomic E-state index is 5.05. The molecule has 0 unspecified atom stereocenters. The Morgan fingerprint density at radius 3 is 1.76 bits per heavy atom. The minimum absolute atomic E-state index is 0.943. The minimum Gasteiger partial charge on any atom is -0.353 e. The van der Waals surface area contributed by atoms with Crippen molar-refractivity contribution in [3.05, 3.63) is 138 Å². The second kappa shape index (κ2) is 7.61. The van der Waals surface area contributed by atoms with Crippen molar-refractivity contribution in [3.63, 3.8) is 0 Å². The van der Waals surface area contributed by atoms with Gasteiger partial charge in [0.15, 0.2) is 0 Å². The molecule has 0 atom stereocenters. The monoisotopic (exact) mass is 372 g/mol. The third kappa shape index (κ3) is 3.37. The number of hydrogen-bond acceptors (Lipinski definition) is 2. The van der Waals surface area contributed by atoms with E-state index in [4.69, 9.17) is 4.99 Å². The average Bonchev–Trinajstić information content (AvgIpc) is 3.09. The second-order valence-corrected chi connectivity index (χ2v) is 6.95. The molecule has 0 saturated carbocycles. The Balaban J connectivity index is 1.76. The molecule has 1 aliphatic rings. The first-order valence-electron chi connectivity index (χ1n) is 9.76. The number of rotatable bonds is 4. The summed E-state index contributed by atoms with van der Waals surface area (Å²) in [5, 5.41) is 3.66. The molecule has 0 amide bonds. The minimum atomic E-state index is 0.943. The first-order chi connectivity index (χ1) is 14.4. The number of hydrogen-bond donors (Lipinski definition) is 1. The number of para-hydroxylation sites is 2. The highest BCUT2D eigenvalue weighted by molar-refractivity contribution is 6.27. The Kier molecular flexibility index (Phi) is 4.51. The van der Waals surface area contributed by atoms with Crippen LogP contribution in [0.1, 0.15) is 16.7 Å². The topological polar surface area (TPSA) is 24.4 Å². The van der Waals surface area contributed by atoms with E-state index in [0.29, 0.717) is 0 Å². The molecule has 0 spiro atoms. The molecule has 1 N–H and O–H groups in total. The Bertz CT molecular complexity index is 1190. The quantitative estimate of drug-likeness (QED) is 0.424. The van der Waals surface area contributed by atoms with Crippen molar-refractivity contribution < 1.29 is 0 Å². The van der Waals surface area contributed by atoms with Crippen molar-refractivity contribution in [1.29, 1.82) is 0 Å². The number of benzene rings is 4. The molecule has 138 valence electrons. The molecule has 0 heterocycles. The molecule has 4 aromatic rings. The molecule has 5 rings (SSSR count). The fourth-order valence-corrected chi connectivity index (χ4v) is 3.74. The van der Waals surface area contributed by atoms with Gasteiger partial charge in [-0.15, -0.1) is 0 Å². The van der Waals surface area contributed by atoms with Crippen LogP contribution >= 0.6 is 0 Å². The Labute approximate surface area is 170 Å². The lowest BCUT2D eigenvalue weighted by Crippen LogP contribution is -2.10. The smallest absolute Gasteiger partial charge is 0.0956 e. The summed E-state index contributed by atoms with van der Waals surface area (Å²) in [4.78, 5) is 5.05. The number of anilines is 1. The van der Waals surface area contributed by atoms with Crippen LogP contribution in [-0.4, -0.2) is 5.71 Å². The lowest BCUT2D eigenvalue weighted by Gasteiger charge is -2.13. The van der Waals surface area contributed by atoms with Crippen LogP contribution in [0.3, 0.4) is 0 Å². The molecule has 29 heavy (non-hydrogen) atoms. The lowest BCUT2D eigenvalue weighted by atomic mass is 9.99. The number of allylic oxidation sites excluding steroid dienone is 1. The van der Waals surface area contributed by atoms with Gasteiger partial charge in [0.2, 0.25) is 0 Å². The van der Waals surface area contributed by atoms with Crippen LogP contribution in [-0.2, 0) is 0 Å². The van der Waals surface area contributed by atoms with Crippen molar-refractivity contribution in [2.45, 2.75) is 0 Å². The van der Waals surface area contributed by atoms with Crippen LogP contribution < -0.4 is 5.32 Å². The second-order valence-electron chi connectivity index (χ2n) is 6.95. The molecule has 0 radical (unpaired) electrons. The molecular formula is C27H20N2. The van der Waals surface area contributed by atoms with Crippen LogP contribution in [0.15, 0.2) is 126 Å². The largest absolute Gasteiger partial charge is 0.353 e. The van der Waals surface area contributed by atoms with Crippen LogP contribution in [0, 0.1) is 0 Å². The highest BCUT2D eigenvalue weighted by atomic mass is 14.9. The summed E-state index contributed by atoms with van der Waals surface area (Å²) in [6, 6.07) is 39.4. The summed E-state index contributed by atoms with van der Waals surface area (Å²) < 4.78 is 0. The van der Waals surface area contributed by atoms with Gasteiger partial charge < -0.3 is 5.32 Å². The van der Waals surface area contributed by atoms with E-state index in [9.17, 15) is 0 Å². The summed E-state index contributed by atoms with van der Waals surface area (Å²) in [6.45, 7) is 0. The first-order valence-corrected chi connectivity index (χ1v) is 9.76. The lowest BCUT2D eigenvalue weighted by molar-refractivity contribution is 1.46. The highest BCUT2D eigenvalue weighted by Gasteiger charge is 2.28. The third-order valence-corrected chi connectivity index (χ3v) is 5.04. The zero-order valence-electron chi connectivity index (χ0n) is 15.9. The summed E-state index contributed by atoms with van der Waals surface area (Å²) in [5.41, 5.74) is 8.70. The van der Waals surface area contributed by atoms with Crippen molar-refractivity contribution >= 4 is 22.7 Å². The molecule has 0 bridgehead atoms. The predicted octanol–water partition coefficient (Wildman–Crippen LogP) is 6.69. The van der Waals surface area contributed by atoms with Gasteiger partial charge in [-0.2, -0.15) is 0 Å². The standard InChI is InChI=1S/C27H20N2/c1-4-12-20(13-5-1)25-23-18-10-11-19-24(23)26(28-21-14-6-2-7-15-21)27(25)29-22-16-8-3-9-17-22/h1-19H,(H,28,29). The maximum Gasteiger partial charge on any atom is 0.0956 e. The number of aliphatic imine (C=N–C) groups is 1. The van der Waals surface area contributed by atoms with E-state index in [0.717, 1.165) is 28.3 Å². The fourth-order valence-electron chi connectivity index (χ4n) is 3.74. The molecule has 1 aliphatic carbocycles. The van der Waals surface area contributed by atoms with Gasteiger partial charge in [0, 0.05) is 16.8 Å². The SMILES string of the molecule is c1ccc(N=C2C(Nc3ccccc3)=C(c3ccccc3)c3ccccc32)cc1. The van der Waals surface area contributed by atoms with Gasteiger partial charge in [-0.25, -0.2) is 4.99 Å². The van der Waals surface area contributed by atoms with Crippen molar-refractivity contribution in [2.75, 3.05) is 5.32 Å². The molecule has 2 heteroatoms. The van der Waals surface area contributed by atoms with Gasteiger partial charge in [-0.3, -0.25) is 0 Å². The molecule has 0 saturated heterocycles. The van der Waals surface area contributed by atoms with Gasteiger partial charge in [-0.05, 0) is 35.4 Å². The van der Waals surface area contributed by atoms with Crippen LogP contribution in [0.25, 0.3) is 5.57 Å². The van der Waals surface area contributed by atoms with Gasteiger partial charge in [0.25, 0.3) is 0 Å². The summed E-state index contributed by atoms with van der Waals surface area (Å²) >= 11 is 0. The van der Waals surface area contributed by atoms with Gasteiger partial charge in [-0.1, -0.05) is 91.0 Å². The highest BCUT2D eigenvalue weighted by Crippen LogP contribution is 2.39. The third-order valence-electron chi connectivity index (χ3n) is 5.04. The normalized spacial score (nSPS) is 14.1. The fraction of sp³-hybridized carbons (Fsp3) is 0. The zero-order valence-corrected chi connectivity index (χ0v) is 15.9. The molecule has 0 fully saturated rings. The van der Waals surface area contributed by atoms with Crippen LogP contribution in [0.4, 0.5) is 11.4 Å².